The molecule has 0 aliphatic heterocycles. The van der Waals surface area contributed by atoms with Crippen LogP contribution in [0.4, 0.5) is 5.82 Å². The van der Waals surface area contributed by atoms with Crippen molar-refractivity contribution in [2.45, 2.75) is 0 Å². The lowest BCUT2D eigenvalue weighted by Gasteiger charge is -2.12. The maximum Gasteiger partial charge on any atom is 0.343 e. The minimum absolute atomic E-state index is 0.0916. The lowest BCUT2D eigenvalue weighted by Crippen LogP contribution is -2.24. The second-order valence-electron chi connectivity index (χ2n) is 6.02. The Balaban J connectivity index is 2.01. The summed E-state index contributed by atoms with van der Waals surface area (Å²) in [4.78, 5) is 49.4. The number of rotatable bonds is 5. The fourth-order valence-electron chi connectivity index (χ4n) is 2.78. The maximum absolute atomic E-state index is 12.2. The van der Waals surface area contributed by atoms with Crippen molar-refractivity contribution in [2.24, 2.45) is 0 Å². The van der Waals surface area contributed by atoms with Crippen LogP contribution in [0.2, 0.25) is 5.02 Å². The molecular weight excluding hydrogens is 416 g/mol. The average Bonchev–Trinajstić information content (AvgIpc) is 2.67. The van der Waals surface area contributed by atoms with E-state index in [2.05, 4.69) is 0 Å². The number of H-pyrrole nitrogens is 1. The molecule has 0 fully saturated rings. The zero-order valence-electron chi connectivity index (χ0n) is 15.0. The summed E-state index contributed by atoms with van der Waals surface area (Å²) in [5.41, 5.74) is 3.21. The topological polar surface area (TPSA) is 160 Å². The third-order valence-electron chi connectivity index (χ3n) is 4.11. The number of carboxylic acid groups (broad SMARTS) is 2. The van der Waals surface area contributed by atoms with Gasteiger partial charge in [-0.05, 0) is 42.0 Å². The van der Waals surface area contributed by atoms with Gasteiger partial charge in [-0.2, -0.15) is 0 Å². The SMILES string of the molecule is Nc1[nH]c(=O)c(C(=O)O)c(-c2ccc(OC(=O)c3ccc(Cl)cc3)cc2)c1C(=O)O. The van der Waals surface area contributed by atoms with Crippen LogP contribution in [0.15, 0.2) is 53.3 Å². The predicted molar refractivity (Wildman–Crippen MR) is 107 cm³/mol. The largest absolute Gasteiger partial charge is 0.478 e. The van der Waals surface area contributed by atoms with Crippen molar-refractivity contribution in [1.82, 2.24) is 4.98 Å². The molecular formula is C20H13ClN2O7. The summed E-state index contributed by atoms with van der Waals surface area (Å²) in [6.07, 6.45) is 0. The number of benzene rings is 2. The molecule has 2 aromatic carbocycles. The molecule has 0 saturated carbocycles. The standard InChI is InChI=1S/C20H13ClN2O7/c21-11-5-1-10(2-6-11)20(29)30-12-7-3-9(4-8-12)13-14(18(25)26)16(22)23-17(24)15(13)19(27)28/h1-8H,(H,25,26)(H,27,28)(H3,22,23,24). The zero-order chi connectivity index (χ0) is 22.0. The van der Waals surface area contributed by atoms with Gasteiger partial charge in [0.15, 0.2) is 0 Å². The number of nitrogens with two attached hydrogens (primary N) is 1. The van der Waals surface area contributed by atoms with E-state index in [0.717, 1.165) is 0 Å². The predicted octanol–water partition coefficient (Wildman–Crippen LogP) is 2.89. The van der Waals surface area contributed by atoms with E-state index in [1.165, 1.54) is 48.5 Å². The number of carboxylic acids is 2. The van der Waals surface area contributed by atoms with Gasteiger partial charge in [0.25, 0.3) is 5.56 Å². The van der Waals surface area contributed by atoms with Crippen LogP contribution in [-0.4, -0.2) is 33.1 Å². The smallest absolute Gasteiger partial charge is 0.343 e. The quantitative estimate of drug-likeness (QED) is 0.356. The van der Waals surface area contributed by atoms with Crippen LogP contribution in [0.3, 0.4) is 0 Å². The minimum atomic E-state index is -1.62. The van der Waals surface area contributed by atoms with Crippen LogP contribution in [0, 0.1) is 0 Å². The van der Waals surface area contributed by atoms with Gasteiger partial charge in [0.05, 0.1) is 5.56 Å². The number of pyridine rings is 1. The van der Waals surface area contributed by atoms with Crippen LogP contribution in [-0.2, 0) is 0 Å². The number of nitrogens with one attached hydrogen (secondary N) is 1. The van der Waals surface area contributed by atoms with E-state index in [1.807, 2.05) is 4.98 Å². The highest BCUT2D eigenvalue weighted by molar-refractivity contribution is 6.30. The van der Waals surface area contributed by atoms with E-state index in [-0.39, 0.29) is 22.4 Å². The summed E-state index contributed by atoms with van der Waals surface area (Å²) in [5, 5.41) is 19.3. The van der Waals surface area contributed by atoms with Crippen molar-refractivity contribution in [2.75, 3.05) is 5.73 Å². The molecule has 3 rings (SSSR count). The Bertz CT molecular complexity index is 1220. The number of hydrogen-bond donors (Lipinski definition) is 4. The molecule has 0 saturated heterocycles. The molecule has 0 unspecified atom stereocenters. The highest BCUT2D eigenvalue weighted by Crippen LogP contribution is 2.30. The number of carbonyl (C=O) groups is 3. The molecule has 3 aromatic rings. The second kappa shape index (κ2) is 8.10. The first-order valence-corrected chi connectivity index (χ1v) is 8.67. The number of ether oxygens (including phenoxy) is 1. The minimum Gasteiger partial charge on any atom is -0.478 e. The lowest BCUT2D eigenvalue weighted by molar-refractivity contribution is 0.0693. The Hall–Kier alpha value is -4.11. The van der Waals surface area contributed by atoms with E-state index >= 15 is 0 Å². The van der Waals surface area contributed by atoms with E-state index in [1.54, 1.807) is 0 Å². The first kappa shape index (κ1) is 20.6. The summed E-state index contributed by atoms with van der Waals surface area (Å²) in [5.74, 6) is -4.15. The van der Waals surface area contributed by atoms with Crippen molar-refractivity contribution in [3.05, 3.63) is 80.6 Å². The third kappa shape index (κ3) is 4.01. The van der Waals surface area contributed by atoms with Gasteiger partial charge in [0.1, 0.15) is 22.7 Å². The fourth-order valence-corrected chi connectivity index (χ4v) is 2.90. The van der Waals surface area contributed by atoms with Gasteiger partial charge in [-0.3, -0.25) is 4.79 Å². The van der Waals surface area contributed by atoms with Gasteiger partial charge in [0.2, 0.25) is 0 Å². The number of carbonyl (C=O) groups excluding carboxylic acids is 1. The lowest BCUT2D eigenvalue weighted by atomic mass is 9.95. The van der Waals surface area contributed by atoms with Gasteiger partial charge in [-0.25, -0.2) is 14.4 Å². The van der Waals surface area contributed by atoms with Crippen molar-refractivity contribution in [1.29, 1.82) is 0 Å². The molecule has 0 spiro atoms. The Kier molecular flexibility index (Phi) is 5.56. The zero-order valence-corrected chi connectivity index (χ0v) is 15.8. The molecule has 30 heavy (non-hydrogen) atoms. The van der Waals surface area contributed by atoms with Gasteiger partial charge >= 0.3 is 17.9 Å². The molecule has 1 aromatic heterocycles. The number of anilines is 1. The highest BCUT2D eigenvalue weighted by Gasteiger charge is 2.26. The summed E-state index contributed by atoms with van der Waals surface area (Å²) in [6.45, 7) is 0. The molecule has 9 nitrogen and oxygen atoms in total. The number of hydrogen-bond acceptors (Lipinski definition) is 6. The first-order valence-electron chi connectivity index (χ1n) is 8.29. The molecule has 10 heteroatoms. The highest BCUT2D eigenvalue weighted by atomic mass is 35.5. The molecule has 0 atom stereocenters. The van der Waals surface area contributed by atoms with E-state index in [0.29, 0.717) is 5.02 Å². The molecule has 0 aliphatic carbocycles. The van der Waals surface area contributed by atoms with Crippen LogP contribution in [0.1, 0.15) is 31.1 Å². The summed E-state index contributed by atoms with van der Waals surface area (Å²) in [6, 6.07) is 11.3. The number of aromatic carboxylic acids is 2. The average molecular weight is 429 g/mol. The van der Waals surface area contributed by atoms with Crippen LogP contribution in [0.5, 0.6) is 5.75 Å². The first-order chi connectivity index (χ1) is 14.2. The summed E-state index contributed by atoms with van der Waals surface area (Å²) < 4.78 is 5.23. The van der Waals surface area contributed by atoms with Crippen molar-refractivity contribution in [3.63, 3.8) is 0 Å². The molecule has 152 valence electrons. The Morgan fingerprint density at radius 2 is 1.47 bits per heavy atom. The Morgan fingerprint density at radius 1 is 0.900 bits per heavy atom. The Morgan fingerprint density at radius 3 is 2.00 bits per heavy atom. The van der Waals surface area contributed by atoms with Crippen molar-refractivity contribution in [3.8, 4) is 16.9 Å². The van der Waals surface area contributed by atoms with E-state index < -0.39 is 40.4 Å². The fraction of sp³-hybridized carbons (Fsp3) is 0. The third-order valence-corrected chi connectivity index (χ3v) is 4.36. The van der Waals surface area contributed by atoms with Crippen LogP contribution < -0.4 is 16.0 Å². The maximum atomic E-state index is 12.2. The number of aromatic amines is 1. The van der Waals surface area contributed by atoms with E-state index in [4.69, 9.17) is 22.1 Å². The monoisotopic (exact) mass is 428 g/mol. The second-order valence-corrected chi connectivity index (χ2v) is 6.46. The molecule has 0 radical (unpaired) electrons. The van der Waals surface area contributed by atoms with Gasteiger partial charge in [0, 0.05) is 10.6 Å². The van der Waals surface area contributed by atoms with Gasteiger partial charge in [-0.15, -0.1) is 0 Å². The number of esters is 1. The Labute approximate surface area is 173 Å². The van der Waals surface area contributed by atoms with Crippen molar-refractivity contribution < 1.29 is 29.3 Å². The number of nitrogen functional groups attached to an aromatic ring is 1. The molecule has 5 N–H and O–H groups in total. The van der Waals surface area contributed by atoms with Gasteiger partial charge < -0.3 is 25.7 Å². The summed E-state index contributed by atoms with van der Waals surface area (Å²) in [7, 11) is 0. The molecule has 0 aliphatic rings. The number of halogens is 1. The van der Waals surface area contributed by atoms with E-state index in [9.17, 15) is 29.4 Å². The van der Waals surface area contributed by atoms with Crippen LogP contribution >= 0.6 is 11.6 Å². The molecule has 0 bridgehead atoms. The van der Waals surface area contributed by atoms with Crippen LogP contribution in [0.25, 0.3) is 11.1 Å². The normalized spacial score (nSPS) is 10.4. The summed E-state index contributed by atoms with van der Waals surface area (Å²) >= 11 is 5.78. The van der Waals surface area contributed by atoms with Gasteiger partial charge in [-0.1, -0.05) is 23.7 Å². The van der Waals surface area contributed by atoms with Crippen molar-refractivity contribution >= 4 is 35.3 Å². The molecule has 0 amide bonds. The molecule has 1 heterocycles. The number of aromatic nitrogens is 1.